The molecular formula is C14H10Br2Cl2. The molecule has 1 atom stereocenters. The second kappa shape index (κ2) is 5.96. The maximum atomic E-state index is 6.24. The molecule has 0 nitrogen and oxygen atoms in total. The molecule has 0 aliphatic rings. The Bertz CT molecular complexity index is 582. The van der Waals surface area contributed by atoms with Gasteiger partial charge in [0.15, 0.2) is 0 Å². The van der Waals surface area contributed by atoms with Gasteiger partial charge < -0.3 is 0 Å². The summed E-state index contributed by atoms with van der Waals surface area (Å²) in [6, 6.07) is 11.7. The molecule has 1 unspecified atom stereocenters. The van der Waals surface area contributed by atoms with Crippen LogP contribution in [-0.2, 0) is 0 Å². The Morgan fingerprint density at radius 3 is 2.44 bits per heavy atom. The maximum absolute atomic E-state index is 6.24. The highest BCUT2D eigenvalue weighted by Gasteiger charge is 2.17. The lowest BCUT2D eigenvalue weighted by molar-refractivity contribution is 1.15. The fourth-order valence-corrected chi connectivity index (χ4v) is 3.97. The molecule has 0 bridgehead atoms. The van der Waals surface area contributed by atoms with Gasteiger partial charge in [-0.2, -0.15) is 0 Å². The summed E-state index contributed by atoms with van der Waals surface area (Å²) in [7, 11) is 0. The molecule has 0 aliphatic carbocycles. The van der Waals surface area contributed by atoms with Gasteiger partial charge in [0.25, 0.3) is 0 Å². The predicted octanol–water partition coefficient (Wildman–Crippen LogP) is 6.55. The van der Waals surface area contributed by atoms with Gasteiger partial charge in [-0.1, -0.05) is 79.3 Å². The van der Waals surface area contributed by atoms with Gasteiger partial charge in [0.1, 0.15) is 0 Å². The number of benzene rings is 2. The highest BCUT2D eigenvalue weighted by atomic mass is 79.9. The average molecular weight is 409 g/mol. The highest BCUT2D eigenvalue weighted by Crippen LogP contribution is 2.40. The van der Waals surface area contributed by atoms with E-state index in [4.69, 9.17) is 23.2 Å². The van der Waals surface area contributed by atoms with Crippen LogP contribution in [0.3, 0.4) is 0 Å². The van der Waals surface area contributed by atoms with Crippen molar-refractivity contribution in [2.45, 2.75) is 11.8 Å². The molecule has 0 N–H and O–H groups in total. The molecule has 94 valence electrons. The van der Waals surface area contributed by atoms with E-state index in [2.05, 4.69) is 50.9 Å². The summed E-state index contributed by atoms with van der Waals surface area (Å²) < 4.78 is 1.10. The Morgan fingerprint density at radius 2 is 1.78 bits per heavy atom. The fraction of sp³-hybridized carbons (Fsp3) is 0.143. The van der Waals surface area contributed by atoms with Crippen molar-refractivity contribution in [3.63, 3.8) is 0 Å². The van der Waals surface area contributed by atoms with Crippen LogP contribution >= 0.6 is 55.1 Å². The van der Waals surface area contributed by atoms with E-state index in [-0.39, 0.29) is 4.83 Å². The van der Waals surface area contributed by atoms with E-state index >= 15 is 0 Å². The van der Waals surface area contributed by atoms with E-state index < -0.39 is 0 Å². The minimum absolute atomic E-state index is 0.0385. The van der Waals surface area contributed by atoms with Crippen LogP contribution in [0.15, 0.2) is 40.9 Å². The van der Waals surface area contributed by atoms with E-state index in [1.54, 1.807) is 6.07 Å². The van der Waals surface area contributed by atoms with Crippen LogP contribution in [0.2, 0.25) is 10.0 Å². The Labute approximate surface area is 134 Å². The molecule has 0 aromatic heterocycles. The van der Waals surface area contributed by atoms with Gasteiger partial charge in [0, 0.05) is 14.5 Å². The zero-order valence-corrected chi connectivity index (χ0v) is 14.2. The highest BCUT2D eigenvalue weighted by molar-refractivity contribution is 9.11. The molecule has 0 saturated heterocycles. The second-order valence-corrected chi connectivity index (χ2v) is 6.56. The molecule has 0 fully saturated rings. The van der Waals surface area contributed by atoms with Crippen LogP contribution in [0.5, 0.6) is 0 Å². The van der Waals surface area contributed by atoms with Crippen LogP contribution < -0.4 is 0 Å². The molecule has 2 aromatic rings. The Kier molecular flexibility index (Phi) is 4.76. The van der Waals surface area contributed by atoms with Crippen molar-refractivity contribution < 1.29 is 0 Å². The minimum atomic E-state index is 0.0385. The van der Waals surface area contributed by atoms with Gasteiger partial charge in [-0.15, -0.1) is 0 Å². The molecule has 0 saturated carbocycles. The maximum Gasteiger partial charge on any atom is 0.0670 e. The van der Waals surface area contributed by atoms with E-state index in [1.807, 2.05) is 18.2 Å². The van der Waals surface area contributed by atoms with Crippen molar-refractivity contribution in [2.24, 2.45) is 0 Å². The number of hydrogen-bond donors (Lipinski definition) is 0. The summed E-state index contributed by atoms with van der Waals surface area (Å²) in [5.74, 6) is 0. The summed E-state index contributed by atoms with van der Waals surface area (Å²) in [5.41, 5.74) is 3.36. The number of aryl methyl sites for hydroxylation is 1. The van der Waals surface area contributed by atoms with Crippen LogP contribution in [0.25, 0.3) is 0 Å². The zero-order chi connectivity index (χ0) is 13.3. The van der Waals surface area contributed by atoms with Crippen molar-refractivity contribution in [3.8, 4) is 0 Å². The number of halogens is 4. The summed E-state index contributed by atoms with van der Waals surface area (Å²) in [5, 5.41) is 1.31. The first-order chi connectivity index (χ1) is 8.50. The second-order valence-electron chi connectivity index (χ2n) is 4.01. The Hall–Kier alpha value is -0.0200. The summed E-state index contributed by atoms with van der Waals surface area (Å²) in [6.45, 7) is 2.07. The van der Waals surface area contributed by atoms with Crippen LogP contribution in [-0.4, -0.2) is 0 Å². The Morgan fingerprint density at radius 1 is 1.06 bits per heavy atom. The van der Waals surface area contributed by atoms with Gasteiger partial charge >= 0.3 is 0 Å². The third kappa shape index (κ3) is 2.93. The van der Waals surface area contributed by atoms with Gasteiger partial charge in [-0.05, 0) is 35.7 Å². The van der Waals surface area contributed by atoms with Crippen LogP contribution in [0.1, 0.15) is 21.5 Å². The molecule has 18 heavy (non-hydrogen) atoms. The summed E-state index contributed by atoms with van der Waals surface area (Å²) >= 11 is 19.5. The number of hydrogen-bond acceptors (Lipinski definition) is 0. The third-order valence-corrected chi connectivity index (χ3v) is 5.36. The van der Waals surface area contributed by atoms with Crippen molar-refractivity contribution in [2.75, 3.05) is 0 Å². The summed E-state index contributed by atoms with van der Waals surface area (Å²) in [6.07, 6.45) is 0. The Balaban J connectivity index is 2.48. The minimum Gasteiger partial charge on any atom is -0.0843 e. The van der Waals surface area contributed by atoms with Gasteiger partial charge in [0.05, 0.1) is 4.83 Å². The van der Waals surface area contributed by atoms with Crippen molar-refractivity contribution in [1.82, 2.24) is 0 Å². The zero-order valence-electron chi connectivity index (χ0n) is 9.55. The summed E-state index contributed by atoms with van der Waals surface area (Å²) in [4.78, 5) is 0.0385. The molecular weight excluding hydrogens is 399 g/mol. The van der Waals surface area contributed by atoms with Crippen molar-refractivity contribution in [3.05, 3.63) is 67.6 Å². The van der Waals surface area contributed by atoms with Crippen molar-refractivity contribution in [1.29, 1.82) is 0 Å². The lowest BCUT2D eigenvalue weighted by Gasteiger charge is -2.15. The number of alkyl halides is 1. The smallest absolute Gasteiger partial charge is 0.0670 e. The van der Waals surface area contributed by atoms with Gasteiger partial charge in [-0.3, -0.25) is 0 Å². The molecule has 2 aromatic carbocycles. The first-order valence-corrected chi connectivity index (χ1v) is 7.81. The molecule has 4 heteroatoms. The van der Waals surface area contributed by atoms with Crippen molar-refractivity contribution >= 4 is 55.1 Å². The van der Waals surface area contributed by atoms with E-state index in [9.17, 15) is 0 Å². The first kappa shape index (κ1) is 14.4. The average Bonchev–Trinajstić information content (AvgIpc) is 2.32. The first-order valence-electron chi connectivity index (χ1n) is 5.34. The van der Waals surface area contributed by atoms with E-state index in [0.29, 0.717) is 10.0 Å². The van der Waals surface area contributed by atoms with E-state index in [0.717, 1.165) is 15.6 Å². The van der Waals surface area contributed by atoms with Gasteiger partial charge in [-0.25, -0.2) is 0 Å². The SMILES string of the molecule is Cc1cccc(C(Br)c2ccc(Cl)cc2Cl)c1Br. The van der Waals surface area contributed by atoms with Crippen LogP contribution in [0.4, 0.5) is 0 Å². The lowest BCUT2D eigenvalue weighted by atomic mass is 10.0. The molecule has 2 rings (SSSR count). The topological polar surface area (TPSA) is 0 Å². The largest absolute Gasteiger partial charge is 0.0843 e. The monoisotopic (exact) mass is 406 g/mol. The molecule has 0 amide bonds. The molecule has 0 radical (unpaired) electrons. The van der Waals surface area contributed by atoms with Crippen LogP contribution in [0, 0.1) is 6.92 Å². The molecule has 0 heterocycles. The van der Waals surface area contributed by atoms with E-state index in [1.165, 1.54) is 5.56 Å². The predicted molar refractivity (Wildman–Crippen MR) is 86.1 cm³/mol. The third-order valence-electron chi connectivity index (χ3n) is 2.73. The fourth-order valence-electron chi connectivity index (χ4n) is 1.74. The standard InChI is InChI=1S/C14H10Br2Cl2/c1-8-3-2-4-11(13(8)15)14(16)10-6-5-9(17)7-12(10)18/h2-7,14H,1H3. The lowest BCUT2D eigenvalue weighted by Crippen LogP contribution is -1.96. The molecule has 0 aliphatic heterocycles. The van der Waals surface area contributed by atoms with Gasteiger partial charge in [0.2, 0.25) is 0 Å². The normalized spacial score (nSPS) is 12.5. The quantitative estimate of drug-likeness (QED) is 0.494. The number of rotatable bonds is 2. The molecule has 0 spiro atoms.